The SMILES string of the molecule is COc1ccc(-n2nc3c(c2NC(=O)/C=C/c2ccc(OC)c(OC)c2)CSC3)cc1. The van der Waals surface area contributed by atoms with E-state index in [0.29, 0.717) is 17.3 Å². The number of nitrogens with one attached hydrogen (secondary N) is 1. The van der Waals surface area contributed by atoms with Crippen molar-refractivity contribution in [2.45, 2.75) is 11.5 Å². The Morgan fingerprint density at radius 2 is 1.81 bits per heavy atom. The number of nitrogens with zero attached hydrogens (tertiary/aromatic N) is 2. The van der Waals surface area contributed by atoms with Crippen LogP contribution in [0.5, 0.6) is 17.2 Å². The molecule has 31 heavy (non-hydrogen) atoms. The molecular formula is C23H23N3O4S. The van der Waals surface area contributed by atoms with Crippen LogP contribution >= 0.6 is 11.8 Å². The van der Waals surface area contributed by atoms with Crippen LogP contribution in [0.15, 0.2) is 48.5 Å². The molecule has 0 spiro atoms. The first kappa shape index (κ1) is 20.9. The minimum Gasteiger partial charge on any atom is -0.497 e. The number of carbonyl (C=O) groups is 1. The fraction of sp³-hybridized carbons (Fsp3) is 0.217. The molecular weight excluding hydrogens is 414 g/mol. The predicted molar refractivity (Wildman–Crippen MR) is 122 cm³/mol. The molecule has 2 aromatic carbocycles. The van der Waals surface area contributed by atoms with Gasteiger partial charge < -0.3 is 19.5 Å². The summed E-state index contributed by atoms with van der Waals surface area (Å²) >= 11 is 1.79. The lowest BCUT2D eigenvalue weighted by atomic mass is 10.2. The number of hydrogen-bond donors (Lipinski definition) is 1. The van der Waals surface area contributed by atoms with Crippen molar-refractivity contribution in [3.05, 3.63) is 65.4 Å². The van der Waals surface area contributed by atoms with E-state index in [1.807, 2.05) is 36.4 Å². The minimum atomic E-state index is -0.232. The molecule has 8 heteroatoms. The van der Waals surface area contributed by atoms with Crippen molar-refractivity contribution in [1.82, 2.24) is 9.78 Å². The monoisotopic (exact) mass is 437 g/mol. The second kappa shape index (κ2) is 9.18. The summed E-state index contributed by atoms with van der Waals surface area (Å²) in [5, 5.41) is 7.73. The normalized spacial score (nSPS) is 12.6. The molecule has 0 atom stereocenters. The van der Waals surface area contributed by atoms with Gasteiger partial charge >= 0.3 is 0 Å². The van der Waals surface area contributed by atoms with Crippen LogP contribution in [0.2, 0.25) is 0 Å². The van der Waals surface area contributed by atoms with Gasteiger partial charge in [0.25, 0.3) is 0 Å². The Labute approximate surface area is 185 Å². The number of carbonyl (C=O) groups excluding carboxylic acids is 1. The molecule has 0 fully saturated rings. The molecule has 0 aliphatic carbocycles. The van der Waals surface area contributed by atoms with Gasteiger partial charge in [0.15, 0.2) is 11.5 Å². The van der Waals surface area contributed by atoms with E-state index < -0.39 is 0 Å². The fourth-order valence-corrected chi connectivity index (χ4v) is 4.37. The van der Waals surface area contributed by atoms with Crippen LogP contribution in [-0.4, -0.2) is 37.0 Å². The number of ether oxygens (including phenoxy) is 3. The Kier molecular flexibility index (Phi) is 6.18. The lowest BCUT2D eigenvalue weighted by Crippen LogP contribution is -2.13. The summed E-state index contributed by atoms with van der Waals surface area (Å²) in [4.78, 5) is 12.7. The van der Waals surface area contributed by atoms with Gasteiger partial charge in [-0.25, -0.2) is 4.68 Å². The van der Waals surface area contributed by atoms with E-state index in [9.17, 15) is 4.79 Å². The average Bonchev–Trinajstić information content (AvgIpc) is 3.40. The molecule has 160 valence electrons. The van der Waals surface area contributed by atoms with Crippen molar-refractivity contribution in [2.24, 2.45) is 0 Å². The molecule has 0 bridgehead atoms. The molecule has 2 heterocycles. The quantitative estimate of drug-likeness (QED) is 0.556. The maximum Gasteiger partial charge on any atom is 0.249 e. The van der Waals surface area contributed by atoms with Crippen LogP contribution in [0.1, 0.15) is 16.8 Å². The summed E-state index contributed by atoms with van der Waals surface area (Å²) in [6, 6.07) is 13.1. The molecule has 1 amide bonds. The van der Waals surface area contributed by atoms with E-state index in [-0.39, 0.29) is 5.91 Å². The lowest BCUT2D eigenvalue weighted by molar-refractivity contribution is -0.111. The third-order valence-corrected chi connectivity index (χ3v) is 5.92. The van der Waals surface area contributed by atoms with Gasteiger partial charge in [0.1, 0.15) is 11.6 Å². The van der Waals surface area contributed by atoms with Gasteiger partial charge in [-0.05, 0) is 48.0 Å². The Bertz CT molecular complexity index is 1120. The number of aromatic nitrogens is 2. The first-order valence-electron chi connectivity index (χ1n) is 9.67. The Balaban J connectivity index is 1.57. The van der Waals surface area contributed by atoms with Gasteiger partial charge in [-0.1, -0.05) is 6.07 Å². The Morgan fingerprint density at radius 3 is 2.52 bits per heavy atom. The molecule has 0 radical (unpaired) electrons. The predicted octanol–water partition coefficient (Wildman–Crippen LogP) is 4.30. The van der Waals surface area contributed by atoms with E-state index in [1.165, 1.54) is 6.08 Å². The molecule has 1 N–H and O–H groups in total. The van der Waals surface area contributed by atoms with E-state index >= 15 is 0 Å². The maximum absolute atomic E-state index is 12.7. The Hall–Kier alpha value is -3.39. The summed E-state index contributed by atoms with van der Waals surface area (Å²) in [5.74, 6) is 4.14. The largest absolute Gasteiger partial charge is 0.497 e. The molecule has 0 saturated carbocycles. The zero-order chi connectivity index (χ0) is 21.8. The number of anilines is 1. The zero-order valence-corrected chi connectivity index (χ0v) is 18.4. The molecule has 3 aromatic rings. The highest BCUT2D eigenvalue weighted by Gasteiger charge is 2.24. The lowest BCUT2D eigenvalue weighted by Gasteiger charge is -2.10. The van der Waals surface area contributed by atoms with Crippen molar-refractivity contribution in [3.63, 3.8) is 0 Å². The van der Waals surface area contributed by atoms with Gasteiger partial charge in [-0.3, -0.25) is 4.79 Å². The van der Waals surface area contributed by atoms with Gasteiger partial charge in [0.05, 0.1) is 32.7 Å². The van der Waals surface area contributed by atoms with Crippen LogP contribution in [-0.2, 0) is 16.3 Å². The standard InChI is InChI=1S/C23H23N3O4S/c1-28-17-8-6-16(7-9-17)26-23(18-13-31-14-19(18)25-26)24-22(27)11-5-15-4-10-20(29-2)21(12-15)30-3/h4-12H,13-14H2,1-3H3,(H,24,27)/b11-5+. The van der Waals surface area contributed by atoms with Gasteiger partial charge in [0, 0.05) is 23.1 Å². The second-order valence-electron chi connectivity index (χ2n) is 6.81. The van der Waals surface area contributed by atoms with Crippen LogP contribution in [0, 0.1) is 0 Å². The number of hydrogen-bond acceptors (Lipinski definition) is 6. The Morgan fingerprint density at radius 1 is 1.03 bits per heavy atom. The number of fused-ring (bicyclic) bond motifs is 1. The highest BCUT2D eigenvalue weighted by atomic mass is 32.2. The first-order chi connectivity index (χ1) is 15.1. The molecule has 7 nitrogen and oxygen atoms in total. The van der Waals surface area contributed by atoms with Crippen molar-refractivity contribution in [1.29, 1.82) is 0 Å². The van der Waals surface area contributed by atoms with Gasteiger partial charge in [-0.2, -0.15) is 16.9 Å². The summed E-state index contributed by atoms with van der Waals surface area (Å²) in [6.07, 6.45) is 3.24. The zero-order valence-electron chi connectivity index (χ0n) is 17.5. The number of benzene rings is 2. The molecule has 0 saturated heterocycles. The molecule has 1 aromatic heterocycles. The second-order valence-corrected chi connectivity index (χ2v) is 7.80. The van der Waals surface area contributed by atoms with Crippen molar-refractivity contribution in [3.8, 4) is 22.9 Å². The maximum atomic E-state index is 12.7. The van der Waals surface area contributed by atoms with Crippen molar-refractivity contribution < 1.29 is 19.0 Å². The molecule has 0 unspecified atom stereocenters. The third kappa shape index (κ3) is 4.39. The van der Waals surface area contributed by atoms with Crippen LogP contribution in [0.25, 0.3) is 11.8 Å². The number of amides is 1. The molecule has 1 aliphatic rings. The highest BCUT2D eigenvalue weighted by molar-refractivity contribution is 7.98. The smallest absolute Gasteiger partial charge is 0.249 e. The average molecular weight is 438 g/mol. The highest BCUT2D eigenvalue weighted by Crippen LogP contribution is 2.36. The van der Waals surface area contributed by atoms with E-state index in [1.54, 1.807) is 49.9 Å². The number of thioether (sulfide) groups is 1. The van der Waals surface area contributed by atoms with E-state index in [2.05, 4.69) is 5.32 Å². The van der Waals surface area contributed by atoms with Crippen molar-refractivity contribution in [2.75, 3.05) is 26.6 Å². The van der Waals surface area contributed by atoms with Crippen molar-refractivity contribution >= 4 is 29.6 Å². The van der Waals surface area contributed by atoms with E-state index in [0.717, 1.165) is 39.8 Å². The molecule has 1 aliphatic heterocycles. The first-order valence-corrected chi connectivity index (χ1v) is 10.8. The van der Waals surface area contributed by atoms with Crippen LogP contribution in [0.4, 0.5) is 5.82 Å². The van der Waals surface area contributed by atoms with Crippen LogP contribution in [0.3, 0.4) is 0 Å². The molecule has 4 rings (SSSR count). The van der Waals surface area contributed by atoms with Crippen LogP contribution < -0.4 is 19.5 Å². The summed E-state index contributed by atoms with van der Waals surface area (Å²) < 4.78 is 17.6. The number of methoxy groups -OCH3 is 3. The summed E-state index contributed by atoms with van der Waals surface area (Å²) in [6.45, 7) is 0. The summed E-state index contributed by atoms with van der Waals surface area (Å²) in [5.41, 5.74) is 3.75. The third-order valence-electron chi connectivity index (χ3n) is 4.95. The van der Waals surface area contributed by atoms with E-state index in [4.69, 9.17) is 19.3 Å². The van der Waals surface area contributed by atoms with Gasteiger partial charge in [0.2, 0.25) is 5.91 Å². The van der Waals surface area contributed by atoms with Gasteiger partial charge in [-0.15, -0.1) is 0 Å². The fourth-order valence-electron chi connectivity index (χ4n) is 3.34. The summed E-state index contributed by atoms with van der Waals surface area (Å²) in [7, 11) is 4.80. The minimum absolute atomic E-state index is 0.232. The number of rotatable bonds is 7. The topological polar surface area (TPSA) is 74.6 Å².